The van der Waals surface area contributed by atoms with Gasteiger partial charge in [0.05, 0.1) is 17.6 Å². The fourth-order valence-electron chi connectivity index (χ4n) is 2.09. The summed E-state index contributed by atoms with van der Waals surface area (Å²) in [5.41, 5.74) is 1.08. The lowest BCUT2D eigenvalue weighted by Crippen LogP contribution is -2.25. The number of hydrogen-bond donors (Lipinski definition) is 1. The molecule has 0 saturated carbocycles. The van der Waals surface area contributed by atoms with Gasteiger partial charge in [0.1, 0.15) is 0 Å². The number of allylic oxidation sites excluding steroid dienone is 2. The van der Waals surface area contributed by atoms with Crippen LogP contribution in [0, 0.1) is 17.2 Å². The smallest absolute Gasteiger partial charge is 0.309 e. The van der Waals surface area contributed by atoms with E-state index >= 15 is 0 Å². The fourth-order valence-corrected chi connectivity index (χ4v) is 2.09. The number of amides is 1. The highest BCUT2D eigenvalue weighted by atomic mass is 16.5. The van der Waals surface area contributed by atoms with Gasteiger partial charge < -0.3 is 10.1 Å². The largest absolute Gasteiger partial charge is 0.455 e. The van der Waals surface area contributed by atoms with Crippen LogP contribution in [0.25, 0.3) is 0 Å². The summed E-state index contributed by atoms with van der Waals surface area (Å²) >= 11 is 0. The average molecular weight is 284 g/mol. The number of carbonyl (C=O) groups is 2. The maximum Gasteiger partial charge on any atom is 0.309 e. The van der Waals surface area contributed by atoms with E-state index in [2.05, 4.69) is 5.32 Å². The minimum Gasteiger partial charge on any atom is -0.455 e. The van der Waals surface area contributed by atoms with Crippen LogP contribution in [-0.2, 0) is 14.3 Å². The second-order valence-electron chi connectivity index (χ2n) is 4.83. The minimum absolute atomic E-state index is 0.141. The van der Waals surface area contributed by atoms with E-state index < -0.39 is 0 Å². The first-order valence-corrected chi connectivity index (χ1v) is 6.80. The van der Waals surface area contributed by atoms with E-state index in [0.717, 1.165) is 12.8 Å². The van der Waals surface area contributed by atoms with Crippen molar-refractivity contribution < 1.29 is 14.3 Å². The van der Waals surface area contributed by atoms with E-state index in [9.17, 15) is 9.59 Å². The van der Waals surface area contributed by atoms with Gasteiger partial charge in [-0.25, -0.2) is 0 Å². The van der Waals surface area contributed by atoms with Crippen molar-refractivity contribution in [2.24, 2.45) is 5.92 Å². The quantitative estimate of drug-likeness (QED) is 0.680. The highest BCUT2D eigenvalue weighted by Gasteiger charge is 2.20. The SMILES string of the molecule is N#Cc1ccc(NC(=O)COC(=O)[C@H]2CC=CCC2)cc1. The van der Waals surface area contributed by atoms with Gasteiger partial charge in [-0.2, -0.15) is 5.26 Å². The van der Waals surface area contributed by atoms with Crippen molar-refractivity contribution in [2.45, 2.75) is 19.3 Å². The number of rotatable bonds is 4. The summed E-state index contributed by atoms with van der Waals surface area (Å²) < 4.78 is 5.02. The van der Waals surface area contributed by atoms with Crippen LogP contribution in [0.4, 0.5) is 5.69 Å². The molecule has 5 nitrogen and oxygen atoms in total. The molecule has 0 fully saturated rings. The van der Waals surface area contributed by atoms with Crippen molar-refractivity contribution in [1.82, 2.24) is 0 Å². The number of esters is 1. The maximum atomic E-state index is 11.8. The minimum atomic E-state index is -0.389. The van der Waals surface area contributed by atoms with Crippen LogP contribution in [0.15, 0.2) is 36.4 Å². The molecule has 1 atom stereocenters. The third-order valence-corrected chi connectivity index (χ3v) is 3.25. The molecule has 5 heteroatoms. The number of carbonyl (C=O) groups excluding carboxylic acids is 2. The molecule has 0 spiro atoms. The van der Waals surface area contributed by atoms with Gasteiger partial charge in [-0.15, -0.1) is 0 Å². The molecule has 0 aliphatic heterocycles. The van der Waals surface area contributed by atoms with E-state index in [-0.39, 0.29) is 24.4 Å². The molecule has 1 aliphatic rings. The summed E-state index contributed by atoms with van der Waals surface area (Å²) in [5, 5.41) is 11.3. The molecular formula is C16H16N2O3. The van der Waals surface area contributed by atoms with Crippen LogP contribution in [0.5, 0.6) is 0 Å². The number of hydrogen-bond acceptors (Lipinski definition) is 4. The molecule has 21 heavy (non-hydrogen) atoms. The van der Waals surface area contributed by atoms with Gasteiger partial charge in [-0.05, 0) is 43.5 Å². The van der Waals surface area contributed by atoms with Gasteiger partial charge in [-0.3, -0.25) is 9.59 Å². The Labute approximate surface area is 123 Å². The van der Waals surface area contributed by atoms with Crippen molar-refractivity contribution in [2.75, 3.05) is 11.9 Å². The highest BCUT2D eigenvalue weighted by Crippen LogP contribution is 2.19. The molecule has 0 heterocycles. The topological polar surface area (TPSA) is 79.2 Å². The first-order chi connectivity index (χ1) is 10.2. The molecule has 2 rings (SSSR count). The molecule has 0 aromatic heterocycles. The van der Waals surface area contributed by atoms with Crippen LogP contribution in [0.1, 0.15) is 24.8 Å². The molecule has 1 amide bonds. The summed E-state index contributed by atoms with van der Waals surface area (Å²) in [6.45, 7) is -0.293. The Balaban J connectivity index is 1.77. The Bertz CT molecular complexity index is 585. The molecule has 1 aliphatic carbocycles. The van der Waals surface area contributed by atoms with E-state index in [0.29, 0.717) is 17.7 Å². The Morgan fingerprint density at radius 2 is 2.05 bits per heavy atom. The summed E-state index contributed by atoms with van der Waals surface area (Å²) in [4.78, 5) is 23.5. The van der Waals surface area contributed by atoms with Gasteiger partial charge in [0.2, 0.25) is 0 Å². The average Bonchev–Trinajstić information content (AvgIpc) is 2.54. The predicted octanol–water partition coefficient (Wildman–Crippen LogP) is 2.40. The van der Waals surface area contributed by atoms with Gasteiger partial charge in [0.15, 0.2) is 6.61 Å². The molecule has 1 aromatic rings. The monoisotopic (exact) mass is 284 g/mol. The molecule has 0 saturated heterocycles. The summed E-state index contributed by atoms with van der Waals surface area (Å²) in [5.74, 6) is -0.855. The normalized spacial score (nSPS) is 16.8. The number of anilines is 1. The van der Waals surface area contributed by atoms with Crippen LogP contribution < -0.4 is 5.32 Å². The Kier molecular flexibility index (Phi) is 5.10. The highest BCUT2D eigenvalue weighted by molar-refractivity contribution is 5.92. The molecule has 1 N–H and O–H groups in total. The van der Waals surface area contributed by atoms with Crippen LogP contribution >= 0.6 is 0 Å². The molecule has 0 unspecified atom stereocenters. The molecule has 0 bridgehead atoms. The summed E-state index contributed by atoms with van der Waals surface area (Å²) in [6, 6.07) is 8.47. The van der Waals surface area contributed by atoms with Crippen molar-refractivity contribution in [3.63, 3.8) is 0 Å². The zero-order chi connectivity index (χ0) is 15.1. The number of nitriles is 1. The van der Waals surface area contributed by atoms with Crippen molar-refractivity contribution >= 4 is 17.6 Å². The Hall–Kier alpha value is -2.61. The fraction of sp³-hybridized carbons (Fsp3) is 0.312. The summed E-state index contributed by atoms with van der Waals surface area (Å²) in [6.07, 6.45) is 6.33. The van der Waals surface area contributed by atoms with Crippen LogP contribution in [0.2, 0.25) is 0 Å². The van der Waals surface area contributed by atoms with Gasteiger partial charge in [-0.1, -0.05) is 12.2 Å². The van der Waals surface area contributed by atoms with Gasteiger partial charge in [0.25, 0.3) is 5.91 Å². The molecule has 0 radical (unpaired) electrons. The lowest BCUT2D eigenvalue weighted by Gasteiger charge is -2.16. The van der Waals surface area contributed by atoms with Crippen LogP contribution in [0.3, 0.4) is 0 Å². The summed E-state index contributed by atoms with van der Waals surface area (Å²) in [7, 11) is 0. The first kappa shape index (κ1) is 14.8. The van der Waals surface area contributed by atoms with Gasteiger partial charge >= 0.3 is 5.97 Å². The number of benzene rings is 1. The molecule has 108 valence electrons. The zero-order valence-electron chi connectivity index (χ0n) is 11.5. The van der Waals surface area contributed by atoms with E-state index in [1.165, 1.54) is 0 Å². The lowest BCUT2D eigenvalue weighted by atomic mass is 9.95. The maximum absolute atomic E-state index is 11.8. The predicted molar refractivity (Wildman–Crippen MR) is 77.2 cm³/mol. The van der Waals surface area contributed by atoms with Crippen LogP contribution in [-0.4, -0.2) is 18.5 Å². The lowest BCUT2D eigenvalue weighted by molar-refractivity contribution is -0.151. The third-order valence-electron chi connectivity index (χ3n) is 3.25. The third kappa shape index (κ3) is 4.46. The first-order valence-electron chi connectivity index (χ1n) is 6.80. The Morgan fingerprint density at radius 1 is 1.29 bits per heavy atom. The van der Waals surface area contributed by atoms with E-state index in [1.807, 2.05) is 18.2 Å². The number of ether oxygens (including phenoxy) is 1. The van der Waals surface area contributed by atoms with E-state index in [4.69, 9.17) is 10.00 Å². The van der Waals surface area contributed by atoms with Crippen molar-refractivity contribution in [1.29, 1.82) is 5.26 Å². The number of nitrogens with zero attached hydrogens (tertiary/aromatic N) is 1. The second kappa shape index (κ2) is 7.25. The van der Waals surface area contributed by atoms with Gasteiger partial charge in [0, 0.05) is 5.69 Å². The molecule has 1 aromatic carbocycles. The second-order valence-corrected chi connectivity index (χ2v) is 4.83. The van der Waals surface area contributed by atoms with E-state index in [1.54, 1.807) is 24.3 Å². The zero-order valence-corrected chi connectivity index (χ0v) is 11.5. The van der Waals surface area contributed by atoms with Crippen molar-refractivity contribution in [3.05, 3.63) is 42.0 Å². The molecular weight excluding hydrogens is 268 g/mol. The standard InChI is InChI=1S/C16H16N2O3/c17-10-12-6-8-14(9-7-12)18-15(19)11-21-16(20)13-4-2-1-3-5-13/h1-2,6-9,13H,3-5,11H2,(H,18,19)/t13-/m0/s1. The number of nitrogens with one attached hydrogen (secondary N) is 1. The Morgan fingerprint density at radius 3 is 2.67 bits per heavy atom. The van der Waals surface area contributed by atoms with Crippen molar-refractivity contribution in [3.8, 4) is 6.07 Å².